The Bertz CT molecular complexity index is 421. The highest BCUT2D eigenvalue weighted by molar-refractivity contribution is 5.55. The summed E-state index contributed by atoms with van der Waals surface area (Å²) >= 11 is 0. The number of nitrogens with zero attached hydrogens (tertiary/aromatic N) is 2. The molecule has 0 aliphatic carbocycles. The van der Waals surface area contributed by atoms with Crippen LogP contribution < -0.4 is 4.74 Å². The van der Waals surface area contributed by atoms with Crippen molar-refractivity contribution in [1.82, 2.24) is 0 Å². The van der Waals surface area contributed by atoms with Gasteiger partial charge < -0.3 is 4.74 Å². The molecule has 0 amide bonds. The Kier molecular flexibility index (Phi) is 2.67. The van der Waals surface area contributed by atoms with E-state index >= 15 is 0 Å². The van der Waals surface area contributed by atoms with Gasteiger partial charge in [-0.15, -0.1) is 0 Å². The maximum atomic E-state index is 10.5. The fourth-order valence-corrected chi connectivity index (χ4v) is 1.13. The summed E-state index contributed by atoms with van der Waals surface area (Å²) in [6.07, 6.45) is 0. The summed E-state index contributed by atoms with van der Waals surface area (Å²) in [7, 11) is 1.45. The molecule has 5 nitrogen and oxygen atoms in total. The second-order valence-electron chi connectivity index (χ2n) is 2.71. The van der Waals surface area contributed by atoms with Crippen molar-refractivity contribution < 1.29 is 9.66 Å². The summed E-state index contributed by atoms with van der Waals surface area (Å²) in [5.41, 5.74) is 0.460. The number of hydrogen-bond donors (Lipinski definition) is 0. The number of aryl methyl sites for hydroxylation is 1. The molecular weight excluding hydrogens is 184 g/mol. The lowest BCUT2D eigenvalue weighted by Gasteiger charge is -2.04. The van der Waals surface area contributed by atoms with Crippen LogP contribution in [0.3, 0.4) is 0 Å². The molecule has 0 spiro atoms. The SMILES string of the molecule is COc1cc(C#N)c([N+](=O)[O-])cc1C. The molecule has 0 N–H and O–H groups in total. The summed E-state index contributed by atoms with van der Waals surface area (Å²) in [4.78, 5) is 9.97. The van der Waals surface area contributed by atoms with Crippen molar-refractivity contribution in [1.29, 1.82) is 5.26 Å². The smallest absolute Gasteiger partial charge is 0.287 e. The van der Waals surface area contributed by atoms with Gasteiger partial charge in [0.1, 0.15) is 17.4 Å². The van der Waals surface area contributed by atoms with E-state index in [-0.39, 0.29) is 11.3 Å². The molecule has 0 bridgehead atoms. The van der Waals surface area contributed by atoms with E-state index in [0.29, 0.717) is 11.3 Å². The van der Waals surface area contributed by atoms with Crippen molar-refractivity contribution >= 4 is 5.69 Å². The van der Waals surface area contributed by atoms with Crippen molar-refractivity contribution in [2.45, 2.75) is 6.92 Å². The summed E-state index contributed by atoms with van der Waals surface area (Å²) in [5, 5.41) is 19.2. The Morgan fingerprint density at radius 3 is 2.64 bits per heavy atom. The van der Waals surface area contributed by atoms with Crippen molar-refractivity contribution in [3.8, 4) is 11.8 Å². The Morgan fingerprint density at radius 1 is 1.57 bits per heavy atom. The first-order chi connectivity index (χ1) is 6.60. The summed E-state index contributed by atoms with van der Waals surface area (Å²) in [5.74, 6) is 0.479. The third kappa shape index (κ3) is 1.64. The molecule has 1 aromatic rings. The van der Waals surface area contributed by atoms with Crippen LogP contribution in [-0.4, -0.2) is 12.0 Å². The molecule has 1 aromatic carbocycles. The maximum absolute atomic E-state index is 10.5. The number of rotatable bonds is 2. The number of nitriles is 1. The van der Waals surface area contributed by atoms with E-state index in [2.05, 4.69) is 0 Å². The molecule has 0 atom stereocenters. The van der Waals surface area contributed by atoms with Crippen molar-refractivity contribution in [2.75, 3.05) is 7.11 Å². The first-order valence-electron chi connectivity index (χ1n) is 3.83. The normalized spacial score (nSPS) is 9.21. The second-order valence-corrected chi connectivity index (χ2v) is 2.71. The van der Waals surface area contributed by atoms with Gasteiger partial charge in [-0.05, 0) is 12.5 Å². The van der Waals surface area contributed by atoms with E-state index in [1.165, 1.54) is 19.2 Å². The number of hydrogen-bond acceptors (Lipinski definition) is 4. The quantitative estimate of drug-likeness (QED) is 0.528. The molecule has 0 radical (unpaired) electrons. The van der Waals surface area contributed by atoms with Crippen LogP contribution in [0.1, 0.15) is 11.1 Å². The maximum Gasteiger partial charge on any atom is 0.287 e. The fraction of sp³-hybridized carbons (Fsp3) is 0.222. The van der Waals surface area contributed by atoms with Gasteiger partial charge in [-0.2, -0.15) is 5.26 Å². The minimum Gasteiger partial charge on any atom is -0.496 e. The number of nitro groups is 1. The molecule has 5 heteroatoms. The predicted octanol–water partition coefficient (Wildman–Crippen LogP) is 1.78. The van der Waals surface area contributed by atoms with Gasteiger partial charge >= 0.3 is 0 Å². The number of benzene rings is 1. The van der Waals surface area contributed by atoms with E-state index in [9.17, 15) is 10.1 Å². The molecule has 14 heavy (non-hydrogen) atoms. The fourth-order valence-electron chi connectivity index (χ4n) is 1.13. The van der Waals surface area contributed by atoms with Crippen LogP contribution in [0.25, 0.3) is 0 Å². The molecule has 0 aromatic heterocycles. The standard InChI is InChI=1S/C9H8N2O3/c1-6-3-8(11(12)13)7(5-10)4-9(6)14-2/h3-4H,1-2H3. The topological polar surface area (TPSA) is 76.2 Å². The molecule has 0 saturated heterocycles. The number of nitro benzene ring substituents is 1. The average Bonchev–Trinajstić information content (AvgIpc) is 2.17. The Hall–Kier alpha value is -2.09. The van der Waals surface area contributed by atoms with Crippen molar-refractivity contribution in [3.05, 3.63) is 33.4 Å². The zero-order valence-electron chi connectivity index (χ0n) is 7.77. The lowest BCUT2D eigenvalue weighted by Crippen LogP contribution is -1.95. The lowest BCUT2D eigenvalue weighted by molar-refractivity contribution is -0.385. The van der Waals surface area contributed by atoms with Gasteiger partial charge in [0.15, 0.2) is 0 Å². The van der Waals surface area contributed by atoms with Gasteiger partial charge in [0.25, 0.3) is 5.69 Å². The molecule has 0 aliphatic heterocycles. The van der Waals surface area contributed by atoms with E-state index < -0.39 is 4.92 Å². The zero-order valence-corrected chi connectivity index (χ0v) is 7.77. The van der Waals surface area contributed by atoms with Gasteiger partial charge in [0.05, 0.1) is 12.0 Å². The van der Waals surface area contributed by atoms with Crippen LogP contribution in [0.15, 0.2) is 12.1 Å². The third-order valence-electron chi connectivity index (χ3n) is 1.83. The van der Waals surface area contributed by atoms with E-state index in [0.717, 1.165) is 0 Å². The molecule has 0 heterocycles. The zero-order chi connectivity index (χ0) is 10.7. The van der Waals surface area contributed by atoms with Gasteiger partial charge in [0, 0.05) is 12.1 Å². The van der Waals surface area contributed by atoms with Gasteiger partial charge in [0.2, 0.25) is 0 Å². The van der Waals surface area contributed by atoms with Gasteiger partial charge in [-0.1, -0.05) is 0 Å². The van der Waals surface area contributed by atoms with Crippen LogP contribution >= 0.6 is 0 Å². The molecule has 0 aliphatic rings. The Balaban J connectivity index is 3.41. The summed E-state index contributed by atoms with van der Waals surface area (Å²) < 4.78 is 4.95. The highest BCUT2D eigenvalue weighted by atomic mass is 16.6. The average molecular weight is 192 g/mol. The molecule has 0 saturated carbocycles. The van der Waals surface area contributed by atoms with E-state index in [1.807, 2.05) is 0 Å². The molecule has 0 fully saturated rings. The third-order valence-corrected chi connectivity index (χ3v) is 1.83. The summed E-state index contributed by atoms with van der Waals surface area (Å²) in [6, 6.07) is 4.46. The Morgan fingerprint density at radius 2 is 2.21 bits per heavy atom. The monoisotopic (exact) mass is 192 g/mol. The highest BCUT2D eigenvalue weighted by Gasteiger charge is 2.16. The second kappa shape index (κ2) is 3.75. The first-order valence-corrected chi connectivity index (χ1v) is 3.83. The van der Waals surface area contributed by atoms with Gasteiger partial charge in [-0.3, -0.25) is 10.1 Å². The predicted molar refractivity (Wildman–Crippen MR) is 49.1 cm³/mol. The van der Waals surface area contributed by atoms with Crippen LogP contribution in [0.5, 0.6) is 5.75 Å². The molecule has 0 unspecified atom stereocenters. The molecule has 72 valence electrons. The minimum atomic E-state index is -0.578. The van der Waals surface area contributed by atoms with Crippen molar-refractivity contribution in [3.63, 3.8) is 0 Å². The highest BCUT2D eigenvalue weighted by Crippen LogP contribution is 2.27. The van der Waals surface area contributed by atoms with Crippen LogP contribution in [0.2, 0.25) is 0 Å². The minimum absolute atomic E-state index is 0.0115. The van der Waals surface area contributed by atoms with Crippen LogP contribution in [0.4, 0.5) is 5.69 Å². The van der Waals surface area contributed by atoms with Crippen LogP contribution in [0, 0.1) is 28.4 Å². The van der Waals surface area contributed by atoms with Crippen molar-refractivity contribution in [2.24, 2.45) is 0 Å². The number of methoxy groups -OCH3 is 1. The largest absolute Gasteiger partial charge is 0.496 e. The first kappa shape index (κ1) is 9.99. The van der Waals surface area contributed by atoms with E-state index in [4.69, 9.17) is 10.00 Å². The van der Waals surface area contributed by atoms with Gasteiger partial charge in [-0.25, -0.2) is 0 Å². The van der Waals surface area contributed by atoms with Crippen LogP contribution in [-0.2, 0) is 0 Å². The van der Waals surface area contributed by atoms with E-state index in [1.54, 1.807) is 13.0 Å². The summed E-state index contributed by atoms with van der Waals surface area (Å²) in [6.45, 7) is 1.69. The molecule has 1 rings (SSSR count). The molecular formula is C9H8N2O3. The lowest BCUT2D eigenvalue weighted by atomic mass is 10.1. The number of ether oxygens (including phenoxy) is 1. The Labute approximate surface area is 80.7 Å².